The van der Waals surface area contributed by atoms with Crippen LogP contribution in [0.3, 0.4) is 0 Å². The average molecular weight is 403 g/mol. The lowest BCUT2D eigenvalue weighted by molar-refractivity contribution is 0.102. The van der Waals surface area contributed by atoms with Crippen LogP contribution in [0.25, 0.3) is 20.8 Å². The molecule has 0 radical (unpaired) electrons. The van der Waals surface area contributed by atoms with Gasteiger partial charge in [0.15, 0.2) is 0 Å². The van der Waals surface area contributed by atoms with Crippen LogP contribution in [-0.2, 0) is 0 Å². The lowest BCUT2D eigenvalue weighted by Crippen LogP contribution is -2.13. The number of nitrogens with zero attached hydrogens (tertiary/aromatic N) is 1. The summed E-state index contributed by atoms with van der Waals surface area (Å²) in [6, 6.07) is 21.2. The lowest BCUT2D eigenvalue weighted by Gasteiger charge is -2.12. The Bertz CT molecular complexity index is 1120. The number of ether oxygens (including phenoxy) is 1. The predicted octanol–water partition coefficient (Wildman–Crippen LogP) is 6.31. The quantitative estimate of drug-likeness (QED) is 0.411. The first-order valence-corrected chi connectivity index (χ1v) is 10.5. The monoisotopic (exact) mass is 402 g/mol. The van der Waals surface area contributed by atoms with Crippen molar-refractivity contribution in [3.05, 3.63) is 77.9 Å². The fraction of sp³-hybridized carbons (Fsp3) is 0.167. The molecule has 3 aromatic carbocycles. The number of benzene rings is 3. The molecule has 4 aromatic rings. The van der Waals surface area contributed by atoms with E-state index in [-0.39, 0.29) is 5.91 Å². The first kappa shape index (κ1) is 19.2. The molecule has 29 heavy (non-hydrogen) atoms. The molecule has 0 bridgehead atoms. The zero-order valence-electron chi connectivity index (χ0n) is 16.4. The number of rotatable bonds is 6. The summed E-state index contributed by atoms with van der Waals surface area (Å²) in [7, 11) is 0. The summed E-state index contributed by atoms with van der Waals surface area (Å²) in [5.41, 5.74) is 4.42. The van der Waals surface area contributed by atoms with Gasteiger partial charge in [-0.15, -0.1) is 11.3 Å². The van der Waals surface area contributed by atoms with Crippen LogP contribution in [0, 0.1) is 6.92 Å². The third-order valence-electron chi connectivity index (χ3n) is 4.70. The number of nitrogens with one attached hydrogen (secondary N) is 1. The van der Waals surface area contributed by atoms with Crippen LogP contribution in [-0.4, -0.2) is 17.5 Å². The van der Waals surface area contributed by atoms with Crippen molar-refractivity contribution in [2.75, 3.05) is 11.9 Å². The number of aromatic nitrogens is 1. The maximum atomic E-state index is 12.7. The number of carbonyl (C=O) groups excluding carboxylic acids is 1. The Labute approximate surface area is 174 Å². The third kappa shape index (κ3) is 4.15. The van der Waals surface area contributed by atoms with Gasteiger partial charge in [0.2, 0.25) is 0 Å². The summed E-state index contributed by atoms with van der Waals surface area (Å²) in [6.07, 6.45) is 0.951. The number of hydrogen-bond donors (Lipinski definition) is 1. The minimum Gasteiger partial charge on any atom is -0.494 e. The molecule has 0 saturated carbocycles. The highest BCUT2D eigenvalue weighted by atomic mass is 32.1. The van der Waals surface area contributed by atoms with Gasteiger partial charge in [0.1, 0.15) is 10.8 Å². The van der Waals surface area contributed by atoms with Gasteiger partial charge in [-0.3, -0.25) is 4.79 Å². The van der Waals surface area contributed by atoms with E-state index >= 15 is 0 Å². The topological polar surface area (TPSA) is 51.2 Å². The van der Waals surface area contributed by atoms with E-state index in [9.17, 15) is 4.79 Å². The van der Waals surface area contributed by atoms with Crippen molar-refractivity contribution in [2.45, 2.75) is 20.3 Å². The Morgan fingerprint density at radius 2 is 1.83 bits per heavy atom. The molecule has 4 nitrogen and oxygen atoms in total. The Morgan fingerprint density at radius 3 is 2.59 bits per heavy atom. The summed E-state index contributed by atoms with van der Waals surface area (Å²) in [6.45, 7) is 4.74. The molecule has 4 rings (SSSR count). The zero-order chi connectivity index (χ0) is 20.2. The number of hydrogen-bond acceptors (Lipinski definition) is 4. The standard InChI is InChI=1S/C24H22N2O2S/c1-3-15-28-18-13-11-17(12-14-18)23(27)25-20-9-6-7-19(16(20)2)24-26-21-8-4-5-10-22(21)29-24/h4-14H,3,15H2,1-2H3,(H,25,27). The molecule has 0 atom stereocenters. The molecule has 0 fully saturated rings. The Kier molecular flexibility index (Phi) is 5.58. The highest BCUT2D eigenvalue weighted by molar-refractivity contribution is 7.21. The summed E-state index contributed by atoms with van der Waals surface area (Å²) >= 11 is 1.66. The van der Waals surface area contributed by atoms with Crippen molar-refractivity contribution in [2.24, 2.45) is 0 Å². The highest BCUT2D eigenvalue weighted by Crippen LogP contribution is 2.34. The fourth-order valence-corrected chi connectivity index (χ4v) is 4.16. The smallest absolute Gasteiger partial charge is 0.255 e. The number of fused-ring (bicyclic) bond motifs is 1. The van der Waals surface area contributed by atoms with Crippen LogP contribution in [0.5, 0.6) is 5.75 Å². The molecule has 0 unspecified atom stereocenters. The first-order chi connectivity index (χ1) is 14.2. The SMILES string of the molecule is CCCOc1ccc(C(=O)Nc2cccc(-c3nc4ccccc4s3)c2C)cc1. The number of carbonyl (C=O) groups is 1. The largest absolute Gasteiger partial charge is 0.494 e. The normalized spacial score (nSPS) is 10.8. The van der Waals surface area contributed by atoms with Crippen molar-refractivity contribution >= 4 is 33.1 Å². The van der Waals surface area contributed by atoms with E-state index in [1.807, 2.05) is 55.5 Å². The van der Waals surface area contributed by atoms with E-state index in [0.717, 1.165) is 44.2 Å². The van der Waals surface area contributed by atoms with Gasteiger partial charge in [-0.25, -0.2) is 4.98 Å². The van der Waals surface area contributed by atoms with Gasteiger partial charge in [0.25, 0.3) is 5.91 Å². The minimum atomic E-state index is -0.142. The van der Waals surface area contributed by atoms with E-state index < -0.39 is 0 Å². The predicted molar refractivity (Wildman–Crippen MR) is 120 cm³/mol. The molecule has 146 valence electrons. The molecule has 0 aliphatic heterocycles. The molecular weight excluding hydrogens is 380 g/mol. The highest BCUT2D eigenvalue weighted by Gasteiger charge is 2.13. The molecule has 5 heteroatoms. The number of anilines is 1. The van der Waals surface area contributed by atoms with E-state index in [4.69, 9.17) is 9.72 Å². The van der Waals surface area contributed by atoms with E-state index in [1.165, 1.54) is 0 Å². The molecule has 1 amide bonds. The first-order valence-electron chi connectivity index (χ1n) is 9.65. The van der Waals surface area contributed by atoms with Gasteiger partial charge in [-0.05, 0) is 61.4 Å². The molecule has 0 aliphatic carbocycles. The summed E-state index contributed by atoms with van der Waals surface area (Å²) in [4.78, 5) is 17.5. The average Bonchev–Trinajstić information content (AvgIpc) is 3.18. The Morgan fingerprint density at radius 1 is 1.03 bits per heavy atom. The number of amides is 1. The second-order valence-electron chi connectivity index (χ2n) is 6.79. The summed E-state index contributed by atoms with van der Waals surface area (Å²) in [5.74, 6) is 0.633. The van der Waals surface area contributed by atoms with Gasteiger partial charge in [-0.1, -0.05) is 31.2 Å². The van der Waals surface area contributed by atoms with E-state index in [1.54, 1.807) is 23.5 Å². The van der Waals surface area contributed by atoms with Crippen LogP contribution >= 0.6 is 11.3 Å². The molecule has 0 saturated heterocycles. The van der Waals surface area contributed by atoms with Gasteiger partial charge in [-0.2, -0.15) is 0 Å². The molecule has 1 heterocycles. The van der Waals surface area contributed by atoms with E-state index in [0.29, 0.717) is 12.2 Å². The van der Waals surface area contributed by atoms with Crippen LogP contribution in [0.2, 0.25) is 0 Å². The van der Waals surface area contributed by atoms with Crippen LogP contribution < -0.4 is 10.1 Å². The molecular formula is C24H22N2O2S. The van der Waals surface area contributed by atoms with Crippen molar-refractivity contribution in [1.82, 2.24) is 4.98 Å². The van der Waals surface area contributed by atoms with Gasteiger partial charge in [0, 0.05) is 16.8 Å². The fourth-order valence-electron chi connectivity index (χ4n) is 3.11. The number of para-hydroxylation sites is 1. The van der Waals surface area contributed by atoms with Crippen LogP contribution in [0.15, 0.2) is 66.7 Å². The molecule has 0 spiro atoms. The lowest BCUT2D eigenvalue weighted by atomic mass is 10.1. The van der Waals surface area contributed by atoms with Crippen LogP contribution in [0.1, 0.15) is 29.3 Å². The third-order valence-corrected chi connectivity index (χ3v) is 5.77. The molecule has 1 N–H and O–H groups in total. The van der Waals surface area contributed by atoms with Crippen LogP contribution in [0.4, 0.5) is 5.69 Å². The molecule has 1 aromatic heterocycles. The zero-order valence-corrected chi connectivity index (χ0v) is 17.3. The summed E-state index contributed by atoms with van der Waals surface area (Å²) in [5, 5.41) is 3.99. The van der Waals surface area contributed by atoms with E-state index in [2.05, 4.69) is 18.3 Å². The minimum absolute atomic E-state index is 0.142. The van der Waals surface area contributed by atoms with Crippen molar-refractivity contribution in [1.29, 1.82) is 0 Å². The van der Waals surface area contributed by atoms with Gasteiger partial charge < -0.3 is 10.1 Å². The van der Waals surface area contributed by atoms with Crippen molar-refractivity contribution in [3.8, 4) is 16.3 Å². The van der Waals surface area contributed by atoms with Crippen molar-refractivity contribution < 1.29 is 9.53 Å². The Hall–Kier alpha value is -3.18. The van der Waals surface area contributed by atoms with Gasteiger partial charge >= 0.3 is 0 Å². The Balaban J connectivity index is 1.56. The van der Waals surface area contributed by atoms with Gasteiger partial charge in [0.05, 0.1) is 16.8 Å². The summed E-state index contributed by atoms with van der Waals surface area (Å²) < 4.78 is 6.73. The number of thiazole rings is 1. The second-order valence-corrected chi connectivity index (χ2v) is 7.82. The maximum absolute atomic E-state index is 12.7. The maximum Gasteiger partial charge on any atom is 0.255 e. The second kappa shape index (κ2) is 8.45. The molecule has 0 aliphatic rings. The van der Waals surface area contributed by atoms with Crippen molar-refractivity contribution in [3.63, 3.8) is 0 Å².